The fourth-order valence-corrected chi connectivity index (χ4v) is 2.11. The molecule has 1 aromatic heterocycles. The Morgan fingerprint density at radius 1 is 1.31 bits per heavy atom. The van der Waals surface area contributed by atoms with Gasteiger partial charge in [0, 0.05) is 6.07 Å². The summed E-state index contributed by atoms with van der Waals surface area (Å²) in [5, 5.41) is 8.71. The van der Waals surface area contributed by atoms with E-state index in [2.05, 4.69) is 4.98 Å². The van der Waals surface area contributed by atoms with Gasteiger partial charge in [-0.15, -0.1) is 0 Å². The summed E-state index contributed by atoms with van der Waals surface area (Å²) in [6.45, 7) is 0.738. The Balaban J connectivity index is 1.86. The number of rotatable bonds is 3. The summed E-state index contributed by atoms with van der Waals surface area (Å²) in [4.78, 5) is 4.09. The molecule has 84 valence electrons. The van der Waals surface area contributed by atoms with Crippen LogP contribution in [0.25, 0.3) is 0 Å². The van der Waals surface area contributed by atoms with Gasteiger partial charge in [0.2, 0.25) is 5.88 Å². The van der Waals surface area contributed by atoms with E-state index < -0.39 is 0 Å². The highest BCUT2D eigenvalue weighted by molar-refractivity contribution is 5.24. The van der Waals surface area contributed by atoms with Gasteiger partial charge in [0.25, 0.3) is 0 Å². The molecule has 16 heavy (non-hydrogen) atoms. The summed E-state index contributed by atoms with van der Waals surface area (Å²) in [5.41, 5.74) is 0.418. The van der Waals surface area contributed by atoms with Crippen LogP contribution in [-0.2, 0) is 0 Å². The first kappa shape index (κ1) is 10.9. The third-order valence-corrected chi connectivity index (χ3v) is 3.03. The van der Waals surface area contributed by atoms with E-state index in [0.717, 1.165) is 6.61 Å². The molecule has 0 N–H and O–H groups in total. The van der Waals surface area contributed by atoms with Gasteiger partial charge in [-0.3, -0.25) is 0 Å². The summed E-state index contributed by atoms with van der Waals surface area (Å²) >= 11 is 0. The van der Waals surface area contributed by atoms with Gasteiger partial charge in [-0.05, 0) is 24.8 Å². The zero-order chi connectivity index (χ0) is 11.2. The Morgan fingerprint density at radius 3 is 2.88 bits per heavy atom. The number of ether oxygens (including phenoxy) is 1. The fourth-order valence-electron chi connectivity index (χ4n) is 2.11. The topological polar surface area (TPSA) is 45.9 Å². The molecule has 0 atom stereocenters. The third-order valence-electron chi connectivity index (χ3n) is 3.03. The minimum absolute atomic E-state index is 0.418. The van der Waals surface area contributed by atoms with Gasteiger partial charge in [-0.2, -0.15) is 5.26 Å². The molecule has 3 heteroatoms. The predicted octanol–water partition coefficient (Wildman–Crippen LogP) is 2.91. The molecule has 0 unspecified atom stereocenters. The average Bonchev–Trinajstić information content (AvgIpc) is 2.38. The van der Waals surface area contributed by atoms with Crippen LogP contribution in [0.15, 0.2) is 18.2 Å². The maximum Gasteiger partial charge on any atom is 0.214 e. The molecule has 2 rings (SSSR count). The first-order valence-electron chi connectivity index (χ1n) is 5.88. The maximum absolute atomic E-state index is 8.71. The number of pyridine rings is 1. The van der Waals surface area contributed by atoms with Crippen LogP contribution in [0.3, 0.4) is 0 Å². The molecule has 3 nitrogen and oxygen atoms in total. The van der Waals surface area contributed by atoms with Gasteiger partial charge in [0.05, 0.1) is 6.61 Å². The first-order valence-corrected chi connectivity index (χ1v) is 5.88. The van der Waals surface area contributed by atoms with Crippen molar-refractivity contribution >= 4 is 0 Å². The van der Waals surface area contributed by atoms with Crippen LogP contribution < -0.4 is 4.74 Å². The van der Waals surface area contributed by atoms with Gasteiger partial charge >= 0.3 is 0 Å². The molecule has 0 bridgehead atoms. The van der Waals surface area contributed by atoms with Crippen LogP contribution in [0.2, 0.25) is 0 Å². The Labute approximate surface area is 96.1 Å². The van der Waals surface area contributed by atoms with E-state index in [4.69, 9.17) is 10.00 Å². The van der Waals surface area contributed by atoms with Crippen molar-refractivity contribution in [2.75, 3.05) is 6.61 Å². The van der Waals surface area contributed by atoms with Crippen LogP contribution >= 0.6 is 0 Å². The highest BCUT2D eigenvalue weighted by Gasteiger charge is 2.14. The molecule has 1 saturated carbocycles. The summed E-state index contributed by atoms with van der Waals surface area (Å²) in [5.74, 6) is 1.24. The Bertz CT molecular complexity index is 378. The van der Waals surface area contributed by atoms with Crippen molar-refractivity contribution in [1.82, 2.24) is 4.98 Å². The van der Waals surface area contributed by atoms with E-state index >= 15 is 0 Å². The zero-order valence-electron chi connectivity index (χ0n) is 9.35. The molecule has 1 aliphatic rings. The van der Waals surface area contributed by atoms with E-state index in [-0.39, 0.29) is 0 Å². The largest absolute Gasteiger partial charge is 0.477 e. The molecule has 0 aliphatic heterocycles. The first-order chi connectivity index (χ1) is 7.88. The fraction of sp³-hybridized carbons (Fsp3) is 0.538. The van der Waals surface area contributed by atoms with Gasteiger partial charge in [-0.25, -0.2) is 4.98 Å². The molecular formula is C13H16N2O. The van der Waals surface area contributed by atoms with E-state index in [1.54, 1.807) is 6.07 Å². The second kappa shape index (κ2) is 5.50. The molecule has 0 radical (unpaired) electrons. The monoisotopic (exact) mass is 216 g/mol. The molecule has 1 heterocycles. The van der Waals surface area contributed by atoms with Crippen molar-refractivity contribution in [2.45, 2.75) is 32.1 Å². The molecule has 1 fully saturated rings. The van der Waals surface area contributed by atoms with Gasteiger partial charge in [0.1, 0.15) is 11.8 Å². The van der Waals surface area contributed by atoms with Crippen molar-refractivity contribution in [2.24, 2.45) is 5.92 Å². The van der Waals surface area contributed by atoms with Crippen molar-refractivity contribution < 1.29 is 4.74 Å². The SMILES string of the molecule is N#Cc1cccc(OCC2CCCCC2)n1. The highest BCUT2D eigenvalue weighted by atomic mass is 16.5. The molecule has 0 aromatic carbocycles. The molecule has 1 aromatic rings. The summed E-state index contributed by atoms with van der Waals surface area (Å²) in [7, 11) is 0. The minimum Gasteiger partial charge on any atom is -0.477 e. The number of hydrogen-bond donors (Lipinski definition) is 0. The van der Waals surface area contributed by atoms with Crippen LogP contribution in [-0.4, -0.2) is 11.6 Å². The number of nitrogens with zero attached hydrogens (tertiary/aromatic N) is 2. The van der Waals surface area contributed by atoms with Crippen molar-refractivity contribution in [3.8, 4) is 11.9 Å². The molecule has 0 saturated heterocycles. The summed E-state index contributed by atoms with van der Waals surface area (Å²) in [6, 6.07) is 7.32. The maximum atomic E-state index is 8.71. The predicted molar refractivity (Wildman–Crippen MR) is 61.0 cm³/mol. The van der Waals surface area contributed by atoms with Crippen LogP contribution in [0.5, 0.6) is 5.88 Å². The number of aromatic nitrogens is 1. The lowest BCUT2D eigenvalue weighted by Crippen LogP contribution is -2.15. The van der Waals surface area contributed by atoms with E-state index in [0.29, 0.717) is 17.5 Å². The smallest absolute Gasteiger partial charge is 0.214 e. The Kier molecular flexibility index (Phi) is 3.76. The van der Waals surface area contributed by atoms with E-state index in [1.807, 2.05) is 18.2 Å². The summed E-state index contributed by atoms with van der Waals surface area (Å²) in [6.07, 6.45) is 6.52. The van der Waals surface area contributed by atoms with Gasteiger partial charge in [-0.1, -0.05) is 25.3 Å². The van der Waals surface area contributed by atoms with Gasteiger partial charge in [0.15, 0.2) is 0 Å². The number of hydrogen-bond acceptors (Lipinski definition) is 3. The highest BCUT2D eigenvalue weighted by Crippen LogP contribution is 2.24. The van der Waals surface area contributed by atoms with Gasteiger partial charge < -0.3 is 4.74 Å². The van der Waals surface area contributed by atoms with Crippen LogP contribution in [0.1, 0.15) is 37.8 Å². The second-order valence-electron chi connectivity index (χ2n) is 4.29. The second-order valence-corrected chi connectivity index (χ2v) is 4.29. The lowest BCUT2D eigenvalue weighted by atomic mass is 9.90. The Hall–Kier alpha value is -1.56. The van der Waals surface area contributed by atoms with E-state index in [9.17, 15) is 0 Å². The van der Waals surface area contributed by atoms with Crippen molar-refractivity contribution in [1.29, 1.82) is 5.26 Å². The number of nitriles is 1. The molecule has 0 amide bonds. The zero-order valence-corrected chi connectivity index (χ0v) is 9.35. The van der Waals surface area contributed by atoms with Crippen molar-refractivity contribution in [3.05, 3.63) is 23.9 Å². The third kappa shape index (κ3) is 2.96. The minimum atomic E-state index is 0.418. The lowest BCUT2D eigenvalue weighted by molar-refractivity contribution is 0.203. The van der Waals surface area contributed by atoms with Crippen LogP contribution in [0, 0.1) is 17.2 Å². The Morgan fingerprint density at radius 2 is 2.12 bits per heavy atom. The van der Waals surface area contributed by atoms with Crippen LogP contribution in [0.4, 0.5) is 0 Å². The standard InChI is InChI=1S/C13H16N2O/c14-9-12-7-4-8-13(15-12)16-10-11-5-2-1-3-6-11/h4,7-8,11H,1-3,5-6,10H2. The quantitative estimate of drug-likeness (QED) is 0.780. The summed E-state index contributed by atoms with van der Waals surface area (Å²) < 4.78 is 5.63. The average molecular weight is 216 g/mol. The molecular weight excluding hydrogens is 200 g/mol. The van der Waals surface area contributed by atoms with Crippen molar-refractivity contribution in [3.63, 3.8) is 0 Å². The molecule has 0 spiro atoms. The van der Waals surface area contributed by atoms with E-state index in [1.165, 1.54) is 32.1 Å². The molecule has 1 aliphatic carbocycles. The normalized spacial score (nSPS) is 16.7. The lowest BCUT2D eigenvalue weighted by Gasteiger charge is -2.21.